The molecule has 0 saturated carbocycles. The van der Waals surface area contributed by atoms with Crippen molar-refractivity contribution in [2.75, 3.05) is 26.2 Å². The van der Waals surface area contributed by atoms with Crippen molar-refractivity contribution < 1.29 is 4.79 Å². The van der Waals surface area contributed by atoms with Crippen LogP contribution in [-0.4, -0.2) is 54.1 Å². The van der Waals surface area contributed by atoms with E-state index in [2.05, 4.69) is 42.8 Å². The second-order valence-corrected chi connectivity index (χ2v) is 6.92. The van der Waals surface area contributed by atoms with Crippen LogP contribution in [0.1, 0.15) is 47.0 Å². The second-order valence-electron chi connectivity index (χ2n) is 6.92. The van der Waals surface area contributed by atoms with Crippen LogP contribution in [-0.2, 0) is 4.79 Å². The number of hydrogen-bond acceptors (Lipinski definition) is 3. The average molecular weight is 281 g/mol. The maximum Gasteiger partial charge on any atom is 0.241 e. The fourth-order valence-electron chi connectivity index (χ4n) is 3.53. The van der Waals surface area contributed by atoms with Gasteiger partial charge in [-0.15, -0.1) is 0 Å². The molecule has 2 heterocycles. The summed E-state index contributed by atoms with van der Waals surface area (Å²) in [7, 11) is 0. The van der Waals surface area contributed by atoms with E-state index < -0.39 is 0 Å². The van der Waals surface area contributed by atoms with Crippen molar-refractivity contribution in [3.8, 4) is 0 Å². The summed E-state index contributed by atoms with van der Waals surface area (Å²) in [6.45, 7) is 13.2. The molecular weight excluding hydrogens is 250 g/mol. The van der Waals surface area contributed by atoms with Crippen molar-refractivity contribution in [1.82, 2.24) is 15.1 Å². The Labute approximate surface area is 123 Å². The smallest absolute Gasteiger partial charge is 0.241 e. The minimum absolute atomic E-state index is 0.0129. The molecule has 0 aromatic carbocycles. The van der Waals surface area contributed by atoms with E-state index in [1.54, 1.807) is 0 Å². The third kappa shape index (κ3) is 3.53. The molecule has 0 spiro atoms. The van der Waals surface area contributed by atoms with Crippen molar-refractivity contribution in [2.45, 2.75) is 59.2 Å². The highest BCUT2D eigenvalue weighted by Gasteiger charge is 2.39. The van der Waals surface area contributed by atoms with Gasteiger partial charge in [0.1, 0.15) is 0 Å². The molecule has 2 aliphatic rings. The lowest BCUT2D eigenvalue weighted by Crippen LogP contribution is -2.41. The van der Waals surface area contributed by atoms with Gasteiger partial charge in [-0.25, -0.2) is 0 Å². The summed E-state index contributed by atoms with van der Waals surface area (Å²) >= 11 is 0. The van der Waals surface area contributed by atoms with E-state index in [4.69, 9.17) is 0 Å². The van der Waals surface area contributed by atoms with Gasteiger partial charge in [-0.3, -0.25) is 10.1 Å². The van der Waals surface area contributed by atoms with E-state index in [1.165, 1.54) is 25.9 Å². The first-order valence-electron chi connectivity index (χ1n) is 8.31. The number of amides is 1. The SMILES string of the molecule is CCC1NC(C(C)C)C(=O)N1CC(C)CN1CCCC1. The number of likely N-dealkylation sites (tertiary alicyclic amines) is 1. The van der Waals surface area contributed by atoms with Gasteiger partial charge in [-0.05, 0) is 44.2 Å². The summed E-state index contributed by atoms with van der Waals surface area (Å²) in [4.78, 5) is 17.2. The highest BCUT2D eigenvalue weighted by atomic mass is 16.2. The molecule has 0 aromatic rings. The number of carbonyl (C=O) groups excluding carboxylic acids is 1. The van der Waals surface area contributed by atoms with E-state index in [0.29, 0.717) is 17.7 Å². The van der Waals surface area contributed by atoms with E-state index in [1.807, 2.05) is 0 Å². The fraction of sp³-hybridized carbons (Fsp3) is 0.938. The molecule has 3 unspecified atom stereocenters. The quantitative estimate of drug-likeness (QED) is 0.808. The Hall–Kier alpha value is -0.610. The van der Waals surface area contributed by atoms with Crippen LogP contribution in [0.15, 0.2) is 0 Å². The number of nitrogens with one attached hydrogen (secondary N) is 1. The number of nitrogens with zero attached hydrogens (tertiary/aromatic N) is 2. The van der Waals surface area contributed by atoms with Crippen molar-refractivity contribution in [1.29, 1.82) is 0 Å². The molecule has 4 nitrogen and oxygen atoms in total. The zero-order valence-corrected chi connectivity index (χ0v) is 13.6. The molecule has 4 heteroatoms. The molecule has 0 bridgehead atoms. The van der Waals surface area contributed by atoms with Gasteiger partial charge in [0, 0.05) is 13.1 Å². The van der Waals surface area contributed by atoms with Gasteiger partial charge in [-0.1, -0.05) is 27.7 Å². The van der Waals surface area contributed by atoms with Gasteiger partial charge >= 0.3 is 0 Å². The van der Waals surface area contributed by atoms with Crippen molar-refractivity contribution in [3.63, 3.8) is 0 Å². The van der Waals surface area contributed by atoms with Crippen LogP contribution in [0.5, 0.6) is 0 Å². The molecule has 2 fully saturated rings. The molecule has 2 rings (SSSR count). The molecule has 1 amide bonds. The lowest BCUT2D eigenvalue weighted by molar-refractivity contribution is -0.131. The molecule has 0 aromatic heterocycles. The Kier molecular flexibility index (Phi) is 5.44. The number of rotatable bonds is 6. The lowest BCUT2D eigenvalue weighted by Gasteiger charge is -2.28. The molecule has 3 atom stereocenters. The molecular formula is C16H31N3O. The zero-order chi connectivity index (χ0) is 14.7. The number of hydrogen-bond donors (Lipinski definition) is 1. The Bertz CT molecular complexity index is 326. The summed E-state index contributed by atoms with van der Waals surface area (Å²) in [5.74, 6) is 1.23. The van der Waals surface area contributed by atoms with Crippen LogP contribution < -0.4 is 5.32 Å². The Morgan fingerprint density at radius 2 is 1.85 bits per heavy atom. The Morgan fingerprint density at radius 1 is 1.20 bits per heavy atom. The molecule has 20 heavy (non-hydrogen) atoms. The summed E-state index contributed by atoms with van der Waals surface area (Å²) in [6.07, 6.45) is 3.90. The third-order valence-corrected chi connectivity index (χ3v) is 4.63. The summed E-state index contributed by atoms with van der Waals surface area (Å²) in [5.41, 5.74) is 0. The second kappa shape index (κ2) is 6.90. The normalized spacial score (nSPS) is 29.6. The minimum Gasteiger partial charge on any atom is -0.325 e. The van der Waals surface area contributed by atoms with Crippen LogP contribution in [0.2, 0.25) is 0 Å². The molecule has 2 aliphatic heterocycles. The zero-order valence-electron chi connectivity index (χ0n) is 13.6. The van der Waals surface area contributed by atoms with Gasteiger partial charge in [-0.2, -0.15) is 0 Å². The van der Waals surface area contributed by atoms with Crippen LogP contribution in [0, 0.1) is 11.8 Å². The first kappa shape index (κ1) is 15.8. The Morgan fingerprint density at radius 3 is 2.40 bits per heavy atom. The monoisotopic (exact) mass is 281 g/mol. The molecule has 0 aliphatic carbocycles. The molecule has 1 N–H and O–H groups in total. The van der Waals surface area contributed by atoms with Crippen molar-refractivity contribution >= 4 is 5.91 Å². The van der Waals surface area contributed by atoms with E-state index in [9.17, 15) is 4.79 Å². The first-order valence-corrected chi connectivity index (χ1v) is 8.31. The molecule has 116 valence electrons. The Balaban J connectivity index is 1.90. The summed E-state index contributed by atoms with van der Waals surface area (Å²) in [6, 6.07) is 0.0129. The minimum atomic E-state index is 0.0129. The van der Waals surface area contributed by atoms with Crippen LogP contribution in [0.3, 0.4) is 0 Å². The number of carbonyl (C=O) groups is 1. The van der Waals surface area contributed by atoms with Gasteiger partial charge in [0.2, 0.25) is 5.91 Å². The molecule has 0 radical (unpaired) electrons. The highest BCUT2D eigenvalue weighted by molar-refractivity contribution is 5.84. The fourth-order valence-corrected chi connectivity index (χ4v) is 3.53. The van der Waals surface area contributed by atoms with E-state index in [0.717, 1.165) is 19.5 Å². The first-order chi connectivity index (χ1) is 9.52. The predicted molar refractivity (Wildman–Crippen MR) is 82.4 cm³/mol. The average Bonchev–Trinajstić information content (AvgIpc) is 2.99. The van der Waals surface area contributed by atoms with Gasteiger partial charge in [0.25, 0.3) is 0 Å². The van der Waals surface area contributed by atoms with Crippen molar-refractivity contribution in [2.24, 2.45) is 11.8 Å². The van der Waals surface area contributed by atoms with Crippen LogP contribution in [0.25, 0.3) is 0 Å². The maximum atomic E-state index is 12.5. The largest absolute Gasteiger partial charge is 0.325 e. The van der Waals surface area contributed by atoms with Crippen LogP contribution in [0.4, 0.5) is 0 Å². The van der Waals surface area contributed by atoms with Gasteiger partial charge < -0.3 is 9.80 Å². The maximum absolute atomic E-state index is 12.5. The predicted octanol–water partition coefficient (Wildman–Crippen LogP) is 1.91. The third-order valence-electron chi connectivity index (χ3n) is 4.63. The topological polar surface area (TPSA) is 35.6 Å². The van der Waals surface area contributed by atoms with E-state index >= 15 is 0 Å². The van der Waals surface area contributed by atoms with Gasteiger partial charge in [0.15, 0.2) is 0 Å². The lowest BCUT2D eigenvalue weighted by atomic mass is 10.0. The van der Waals surface area contributed by atoms with Gasteiger partial charge in [0.05, 0.1) is 12.2 Å². The summed E-state index contributed by atoms with van der Waals surface area (Å²) < 4.78 is 0. The standard InChI is InChI=1S/C16H31N3O/c1-5-14-17-15(12(2)3)16(20)19(14)11-13(4)10-18-8-6-7-9-18/h12-15,17H,5-11H2,1-4H3. The van der Waals surface area contributed by atoms with Crippen LogP contribution >= 0.6 is 0 Å². The molecule has 2 saturated heterocycles. The summed E-state index contributed by atoms with van der Waals surface area (Å²) in [5, 5.41) is 3.50. The van der Waals surface area contributed by atoms with E-state index in [-0.39, 0.29) is 12.2 Å². The highest BCUT2D eigenvalue weighted by Crippen LogP contribution is 2.21. The van der Waals surface area contributed by atoms with Crippen molar-refractivity contribution in [3.05, 3.63) is 0 Å².